The summed E-state index contributed by atoms with van der Waals surface area (Å²) in [6.07, 6.45) is 0.513. The number of nitrogens with zero attached hydrogens (tertiary/aromatic N) is 1. The normalized spacial score (nSPS) is 11.1. The standard InChI is InChI=1S/C15H13FN2S/c16-12-6-5-10(9-17)7-11(12)8-15-18-13-3-1-2-4-14(13)19-15/h1-7H,8-9,17H2. The van der Waals surface area contributed by atoms with Gasteiger partial charge in [0.1, 0.15) is 5.82 Å². The van der Waals surface area contributed by atoms with E-state index in [4.69, 9.17) is 5.73 Å². The van der Waals surface area contributed by atoms with Gasteiger partial charge in [-0.15, -0.1) is 11.3 Å². The molecule has 0 aliphatic heterocycles. The van der Waals surface area contributed by atoms with Crippen molar-refractivity contribution in [2.75, 3.05) is 0 Å². The summed E-state index contributed by atoms with van der Waals surface area (Å²) in [6.45, 7) is 0.424. The number of aromatic nitrogens is 1. The van der Waals surface area contributed by atoms with Crippen molar-refractivity contribution >= 4 is 21.6 Å². The van der Waals surface area contributed by atoms with Gasteiger partial charge in [0.25, 0.3) is 0 Å². The number of nitrogens with two attached hydrogens (primary N) is 1. The van der Waals surface area contributed by atoms with Crippen LogP contribution in [0.25, 0.3) is 10.2 Å². The van der Waals surface area contributed by atoms with Crippen LogP contribution in [0.1, 0.15) is 16.1 Å². The van der Waals surface area contributed by atoms with E-state index in [0.717, 1.165) is 20.8 Å². The van der Waals surface area contributed by atoms with Crippen molar-refractivity contribution in [1.29, 1.82) is 0 Å². The van der Waals surface area contributed by atoms with E-state index in [1.807, 2.05) is 30.3 Å². The average molecular weight is 272 g/mol. The van der Waals surface area contributed by atoms with Crippen LogP contribution in [-0.2, 0) is 13.0 Å². The first kappa shape index (κ1) is 12.3. The maximum atomic E-state index is 13.8. The first-order valence-electron chi connectivity index (χ1n) is 6.08. The van der Waals surface area contributed by atoms with E-state index in [9.17, 15) is 4.39 Å². The van der Waals surface area contributed by atoms with Crippen LogP contribution < -0.4 is 5.73 Å². The molecular weight excluding hydrogens is 259 g/mol. The second kappa shape index (κ2) is 5.07. The first-order valence-corrected chi connectivity index (χ1v) is 6.90. The Morgan fingerprint density at radius 1 is 1.16 bits per heavy atom. The molecule has 0 saturated heterocycles. The highest BCUT2D eigenvalue weighted by Gasteiger charge is 2.08. The van der Waals surface area contributed by atoms with Crippen molar-refractivity contribution in [3.05, 3.63) is 64.4 Å². The van der Waals surface area contributed by atoms with Gasteiger partial charge in [-0.25, -0.2) is 9.37 Å². The van der Waals surface area contributed by atoms with Crippen LogP contribution in [0.5, 0.6) is 0 Å². The summed E-state index contributed by atoms with van der Waals surface area (Å²) < 4.78 is 14.9. The fourth-order valence-corrected chi connectivity index (χ4v) is 3.04. The Balaban J connectivity index is 1.96. The summed E-state index contributed by atoms with van der Waals surface area (Å²) >= 11 is 1.61. The van der Waals surface area contributed by atoms with Crippen LogP contribution in [-0.4, -0.2) is 4.98 Å². The molecule has 1 heterocycles. The first-order chi connectivity index (χ1) is 9.26. The molecule has 0 aliphatic rings. The van der Waals surface area contributed by atoms with Crippen LogP contribution in [0.15, 0.2) is 42.5 Å². The van der Waals surface area contributed by atoms with Gasteiger partial charge in [0.05, 0.1) is 15.2 Å². The molecule has 0 aliphatic carbocycles. The number of hydrogen-bond donors (Lipinski definition) is 1. The Labute approximate surface area is 114 Å². The fraction of sp³-hybridized carbons (Fsp3) is 0.133. The number of hydrogen-bond acceptors (Lipinski definition) is 3. The van der Waals surface area contributed by atoms with Gasteiger partial charge in [-0.1, -0.05) is 24.3 Å². The molecule has 1 aromatic heterocycles. The summed E-state index contributed by atoms with van der Waals surface area (Å²) in [6, 6.07) is 13.0. The zero-order valence-electron chi connectivity index (χ0n) is 10.3. The lowest BCUT2D eigenvalue weighted by molar-refractivity contribution is 0.613. The van der Waals surface area contributed by atoms with Gasteiger partial charge < -0.3 is 5.73 Å². The Kier molecular flexibility index (Phi) is 3.27. The second-order valence-electron chi connectivity index (χ2n) is 4.38. The van der Waals surface area contributed by atoms with E-state index < -0.39 is 0 Å². The summed E-state index contributed by atoms with van der Waals surface area (Å²) in [4.78, 5) is 4.53. The molecule has 0 spiro atoms. The van der Waals surface area contributed by atoms with E-state index >= 15 is 0 Å². The topological polar surface area (TPSA) is 38.9 Å². The number of benzene rings is 2. The largest absolute Gasteiger partial charge is 0.326 e. The van der Waals surface area contributed by atoms with Crippen LogP contribution in [0, 0.1) is 5.82 Å². The van der Waals surface area contributed by atoms with Crippen LogP contribution >= 0.6 is 11.3 Å². The molecule has 0 atom stereocenters. The van der Waals surface area contributed by atoms with Crippen molar-refractivity contribution in [2.24, 2.45) is 5.73 Å². The monoisotopic (exact) mass is 272 g/mol. The van der Waals surface area contributed by atoms with E-state index in [-0.39, 0.29) is 5.82 Å². The fourth-order valence-electron chi connectivity index (χ4n) is 2.05. The van der Waals surface area contributed by atoms with Crippen LogP contribution in [0.3, 0.4) is 0 Å². The quantitative estimate of drug-likeness (QED) is 0.792. The molecule has 4 heteroatoms. The summed E-state index contributed by atoms with van der Waals surface area (Å²) in [5, 5.41) is 0.925. The lowest BCUT2D eigenvalue weighted by Gasteiger charge is -2.03. The molecule has 19 heavy (non-hydrogen) atoms. The number of thiazole rings is 1. The molecule has 0 bridgehead atoms. The van der Waals surface area contributed by atoms with Gasteiger partial charge in [0, 0.05) is 13.0 Å². The van der Waals surface area contributed by atoms with Gasteiger partial charge in [-0.3, -0.25) is 0 Å². The lowest BCUT2D eigenvalue weighted by atomic mass is 10.1. The zero-order chi connectivity index (χ0) is 13.2. The smallest absolute Gasteiger partial charge is 0.126 e. The Morgan fingerprint density at radius 2 is 2.00 bits per heavy atom. The summed E-state index contributed by atoms with van der Waals surface area (Å²) in [7, 11) is 0. The minimum absolute atomic E-state index is 0.198. The SMILES string of the molecule is NCc1ccc(F)c(Cc2nc3ccccc3s2)c1. The highest BCUT2D eigenvalue weighted by atomic mass is 32.1. The third kappa shape index (κ3) is 2.50. The molecule has 0 radical (unpaired) electrons. The molecule has 96 valence electrons. The Bertz CT molecular complexity index is 688. The van der Waals surface area contributed by atoms with E-state index in [0.29, 0.717) is 18.5 Å². The average Bonchev–Trinajstić information content (AvgIpc) is 2.83. The summed E-state index contributed by atoms with van der Waals surface area (Å²) in [5.41, 5.74) is 8.16. The Morgan fingerprint density at radius 3 is 2.79 bits per heavy atom. The third-order valence-electron chi connectivity index (χ3n) is 3.03. The molecule has 3 rings (SSSR count). The van der Waals surface area contributed by atoms with E-state index in [1.165, 1.54) is 6.07 Å². The van der Waals surface area contributed by atoms with Crippen LogP contribution in [0.2, 0.25) is 0 Å². The Hall–Kier alpha value is -1.78. The molecule has 2 nitrogen and oxygen atoms in total. The predicted octanol–water partition coefficient (Wildman–Crippen LogP) is 3.48. The second-order valence-corrected chi connectivity index (χ2v) is 5.50. The van der Waals surface area contributed by atoms with Gasteiger partial charge in [0.15, 0.2) is 0 Å². The van der Waals surface area contributed by atoms with Crippen molar-refractivity contribution in [3.8, 4) is 0 Å². The van der Waals surface area contributed by atoms with Gasteiger partial charge in [0.2, 0.25) is 0 Å². The number of fused-ring (bicyclic) bond motifs is 1. The van der Waals surface area contributed by atoms with Gasteiger partial charge in [-0.05, 0) is 29.3 Å². The zero-order valence-corrected chi connectivity index (χ0v) is 11.1. The van der Waals surface area contributed by atoms with Crippen molar-refractivity contribution in [3.63, 3.8) is 0 Å². The maximum Gasteiger partial charge on any atom is 0.126 e. The molecule has 0 fully saturated rings. The molecule has 0 saturated carbocycles. The van der Waals surface area contributed by atoms with Crippen molar-refractivity contribution in [2.45, 2.75) is 13.0 Å². The molecule has 0 unspecified atom stereocenters. The van der Waals surface area contributed by atoms with Gasteiger partial charge >= 0.3 is 0 Å². The lowest BCUT2D eigenvalue weighted by Crippen LogP contribution is -1.99. The molecular formula is C15H13FN2S. The van der Waals surface area contributed by atoms with Crippen LogP contribution in [0.4, 0.5) is 4.39 Å². The summed E-state index contributed by atoms with van der Waals surface area (Å²) in [5.74, 6) is -0.198. The number of rotatable bonds is 3. The maximum absolute atomic E-state index is 13.8. The molecule has 2 aromatic carbocycles. The van der Waals surface area contributed by atoms with E-state index in [1.54, 1.807) is 17.4 Å². The number of para-hydroxylation sites is 1. The van der Waals surface area contributed by atoms with E-state index in [2.05, 4.69) is 4.98 Å². The van der Waals surface area contributed by atoms with Crippen molar-refractivity contribution < 1.29 is 4.39 Å². The molecule has 2 N–H and O–H groups in total. The highest BCUT2D eigenvalue weighted by Crippen LogP contribution is 2.24. The third-order valence-corrected chi connectivity index (χ3v) is 4.06. The molecule has 3 aromatic rings. The molecule has 0 amide bonds. The predicted molar refractivity (Wildman–Crippen MR) is 76.7 cm³/mol. The highest BCUT2D eigenvalue weighted by molar-refractivity contribution is 7.18. The van der Waals surface area contributed by atoms with Gasteiger partial charge in [-0.2, -0.15) is 0 Å². The minimum Gasteiger partial charge on any atom is -0.326 e. The minimum atomic E-state index is -0.198. The number of halogens is 1. The van der Waals surface area contributed by atoms with Crippen molar-refractivity contribution in [1.82, 2.24) is 4.98 Å².